The van der Waals surface area contributed by atoms with Crippen LogP contribution in [-0.4, -0.2) is 23.9 Å². The summed E-state index contributed by atoms with van der Waals surface area (Å²) >= 11 is 0. The van der Waals surface area contributed by atoms with Gasteiger partial charge in [0.25, 0.3) is 5.91 Å². The number of para-hydroxylation sites is 1. The minimum Gasteiger partial charge on any atom is -0.379 e. The first-order valence-corrected chi connectivity index (χ1v) is 8.78. The molecular weight excluding hydrogens is 324 g/mol. The van der Waals surface area contributed by atoms with Gasteiger partial charge in [-0.3, -0.25) is 4.79 Å². The van der Waals surface area contributed by atoms with Gasteiger partial charge in [0.15, 0.2) is 0 Å². The van der Waals surface area contributed by atoms with Gasteiger partial charge < -0.3 is 10.2 Å². The van der Waals surface area contributed by atoms with Gasteiger partial charge in [-0.2, -0.15) is 10.5 Å². The molecule has 130 valence electrons. The van der Waals surface area contributed by atoms with Gasteiger partial charge in [0.2, 0.25) is 0 Å². The van der Waals surface area contributed by atoms with Crippen molar-refractivity contribution in [2.45, 2.75) is 25.8 Å². The molecular formula is C21H20N4O. The smallest absolute Gasteiger partial charge is 0.253 e. The zero-order valence-corrected chi connectivity index (χ0v) is 14.5. The van der Waals surface area contributed by atoms with Crippen LogP contribution in [0.5, 0.6) is 0 Å². The lowest BCUT2D eigenvalue weighted by Gasteiger charge is -2.26. The molecule has 2 aromatic rings. The van der Waals surface area contributed by atoms with E-state index in [0.717, 1.165) is 31.5 Å². The summed E-state index contributed by atoms with van der Waals surface area (Å²) in [7, 11) is 0. The molecule has 1 N–H and O–H groups in total. The first kappa shape index (κ1) is 17.5. The maximum atomic E-state index is 12.5. The molecule has 26 heavy (non-hydrogen) atoms. The minimum atomic E-state index is 0.0887. The first-order valence-electron chi connectivity index (χ1n) is 8.78. The van der Waals surface area contributed by atoms with Gasteiger partial charge in [-0.15, -0.1) is 0 Å². The Kier molecular flexibility index (Phi) is 5.51. The normalized spacial score (nSPS) is 13.5. The number of amides is 1. The number of anilines is 1. The van der Waals surface area contributed by atoms with Gasteiger partial charge in [-0.1, -0.05) is 18.2 Å². The van der Waals surface area contributed by atoms with Crippen molar-refractivity contribution >= 4 is 11.6 Å². The second kappa shape index (κ2) is 8.18. The first-order chi connectivity index (χ1) is 12.7. The molecule has 0 bridgehead atoms. The molecule has 0 aromatic heterocycles. The van der Waals surface area contributed by atoms with Gasteiger partial charge >= 0.3 is 0 Å². The molecule has 1 saturated heterocycles. The van der Waals surface area contributed by atoms with Crippen LogP contribution in [0.1, 0.15) is 46.3 Å². The Morgan fingerprint density at radius 3 is 2.15 bits per heavy atom. The van der Waals surface area contributed by atoms with Gasteiger partial charge in [-0.05, 0) is 49.1 Å². The molecule has 0 saturated carbocycles. The van der Waals surface area contributed by atoms with E-state index in [9.17, 15) is 15.3 Å². The van der Waals surface area contributed by atoms with Crippen molar-refractivity contribution in [2.24, 2.45) is 0 Å². The number of nitrogens with one attached hydrogen (secondary N) is 1. The quantitative estimate of drug-likeness (QED) is 0.918. The van der Waals surface area contributed by atoms with Crippen molar-refractivity contribution in [2.75, 3.05) is 18.4 Å². The summed E-state index contributed by atoms with van der Waals surface area (Å²) in [5.74, 6) is 0.0887. The summed E-state index contributed by atoms with van der Waals surface area (Å²) in [6.45, 7) is 2.15. The van der Waals surface area contributed by atoms with Crippen LogP contribution in [0.2, 0.25) is 0 Å². The lowest BCUT2D eigenvalue weighted by atomic mass is 10.1. The average molecular weight is 344 g/mol. The lowest BCUT2D eigenvalue weighted by molar-refractivity contribution is 0.0724. The van der Waals surface area contributed by atoms with Crippen molar-refractivity contribution in [1.29, 1.82) is 10.5 Å². The maximum Gasteiger partial charge on any atom is 0.253 e. The van der Waals surface area contributed by atoms with E-state index in [2.05, 4.69) is 17.5 Å². The molecule has 2 aromatic carbocycles. The largest absolute Gasteiger partial charge is 0.379 e. The summed E-state index contributed by atoms with van der Waals surface area (Å²) < 4.78 is 0. The monoisotopic (exact) mass is 344 g/mol. The van der Waals surface area contributed by atoms with Crippen LogP contribution in [0.25, 0.3) is 0 Å². The predicted molar refractivity (Wildman–Crippen MR) is 99.4 cm³/mol. The zero-order chi connectivity index (χ0) is 18.4. The molecule has 1 heterocycles. The summed E-state index contributed by atoms with van der Waals surface area (Å²) in [6, 6.07) is 16.8. The SMILES string of the molecule is N#Cc1cccc(C#N)c1NCc1ccc(C(=O)N2CCCCC2)cc1. The number of carbonyl (C=O) groups is 1. The molecule has 0 spiro atoms. The second-order valence-electron chi connectivity index (χ2n) is 6.36. The highest BCUT2D eigenvalue weighted by Crippen LogP contribution is 2.21. The van der Waals surface area contributed by atoms with Gasteiger partial charge in [0.05, 0.1) is 16.8 Å². The molecule has 0 aliphatic carbocycles. The molecule has 1 aliphatic rings. The molecule has 3 rings (SSSR count). The molecule has 5 nitrogen and oxygen atoms in total. The maximum absolute atomic E-state index is 12.5. The summed E-state index contributed by atoms with van der Waals surface area (Å²) in [5, 5.41) is 21.6. The van der Waals surface area contributed by atoms with Gasteiger partial charge in [-0.25, -0.2) is 0 Å². The van der Waals surface area contributed by atoms with Crippen LogP contribution in [-0.2, 0) is 6.54 Å². The van der Waals surface area contributed by atoms with Crippen molar-refractivity contribution in [3.05, 3.63) is 64.7 Å². The lowest BCUT2D eigenvalue weighted by Crippen LogP contribution is -2.35. The number of piperidine rings is 1. The third kappa shape index (κ3) is 3.84. The van der Waals surface area contributed by atoms with E-state index >= 15 is 0 Å². The Hall–Kier alpha value is -3.31. The van der Waals surface area contributed by atoms with Gasteiger partial charge in [0.1, 0.15) is 12.1 Å². The fraction of sp³-hybridized carbons (Fsp3) is 0.286. The second-order valence-corrected chi connectivity index (χ2v) is 6.36. The highest BCUT2D eigenvalue weighted by Gasteiger charge is 2.17. The van der Waals surface area contributed by atoms with E-state index in [4.69, 9.17) is 0 Å². The highest BCUT2D eigenvalue weighted by molar-refractivity contribution is 5.94. The number of nitrogens with zero attached hydrogens (tertiary/aromatic N) is 3. The molecule has 5 heteroatoms. The summed E-state index contributed by atoms with van der Waals surface area (Å²) in [5.41, 5.74) is 3.12. The van der Waals surface area contributed by atoms with Crippen LogP contribution in [0.15, 0.2) is 42.5 Å². The predicted octanol–water partition coefficient (Wildman–Crippen LogP) is 3.67. The van der Waals surface area contributed by atoms with Crippen molar-refractivity contribution in [1.82, 2.24) is 4.90 Å². The number of nitriles is 2. The Labute approximate surface area is 153 Å². The number of hydrogen-bond acceptors (Lipinski definition) is 4. The Morgan fingerprint density at radius 1 is 0.962 bits per heavy atom. The average Bonchev–Trinajstić information content (AvgIpc) is 2.72. The van der Waals surface area contributed by atoms with Crippen LogP contribution in [0, 0.1) is 22.7 Å². The Bertz CT molecular complexity index is 836. The number of benzene rings is 2. The molecule has 0 atom stereocenters. The molecule has 0 radical (unpaired) electrons. The van der Waals surface area contributed by atoms with Crippen molar-refractivity contribution < 1.29 is 4.79 Å². The van der Waals surface area contributed by atoms with Gasteiger partial charge in [0, 0.05) is 25.2 Å². The number of rotatable bonds is 4. The number of likely N-dealkylation sites (tertiary alicyclic amines) is 1. The zero-order valence-electron chi connectivity index (χ0n) is 14.5. The Balaban J connectivity index is 1.68. The van der Waals surface area contributed by atoms with Crippen molar-refractivity contribution in [3.63, 3.8) is 0 Å². The summed E-state index contributed by atoms with van der Waals surface area (Å²) in [4.78, 5) is 14.4. The van der Waals surface area contributed by atoms with E-state index in [1.807, 2.05) is 29.2 Å². The highest BCUT2D eigenvalue weighted by atomic mass is 16.2. The third-order valence-corrected chi connectivity index (χ3v) is 4.62. The van der Waals surface area contributed by atoms with E-state index in [-0.39, 0.29) is 5.91 Å². The fourth-order valence-electron chi connectivity index (χ4n) is 3.16. The molecule has 1 amide bonds. The topological polar surface area (TPSA) is 79.9 Å². The van der Waals surface area contributed by atoms with E-state index in [1.165, 1.54) is 6.42 Å². The van der Waals surface area contributed by atoms with Crippen LogP contribution in [0.4, 0.5) is 5.69 Å². The summed E-state index contributed by atoms with van der Waals surface area (Å²) in [6.07, 6.45) is 3.35. The van der Waals surface area contributed by atoms with E-state index in [0.29, 0.717) is 28.9 Å². The molecule has 1 fully saturated rings. The molecule has 1 aliphatic heterocycles. The van der Waals surface area contributed by atoms with E-state index in [1.54, 1.807) is 18.2 Å². The number of hydrogen-bond donors (Lipinski definition) is 1. The van der Waals surface area contributed by atoms with Crippen molar-refractivity contribution in [3.8, 4) is 12.1 Å². The van der Waals surface area contributed by atoms with Crippen LogP contribution in [0.3, 0.4) is 0 Å². The Morgan fingerprint density at radius 2 is 1.58 bits per heavy atom. The molecule has 0 unspecified atom stereocenters. The van der Waals surface area contributed by atoms with Crippen LogP contribution >= 0.6 is 0 Å². The third-order valence-electron chi connectivity index (χ3n) is 4.62. The minimum absolute atomic E-state index is 0.0887. The van der Waals surface area contributed by atoms with E-state index < -0.39 is 0 Å². The standard InChI is InChI=1S/C21H20N4O/c22-13-18-5-4-6-19(14-23)20(18)24-15-16-7-9-17(10-8-16)21(26)25-11-2-1-3-12-25/h4-10,24H,1-3,11-12,15H2. The number of carbonyl (C=O) groups excluding carboxylic acids is 1. The van der Waals surface area contributed by atoms with Crippen LogP contribution < -0.4 is 5.32 Å². The fourth-order valence-corrected chi connectivity index (χ4v) is 3.16.